The second-order valence-electron chi connectivity index (χ2n) is 5.80. The molecule has 0 aliphatic rings. The maximum absolute atomic E-state index is 6.12. The van der Waals surface area contributed by atoms with Crippen molar-refractivity contribution in [2.75, 3.05) is 12.3 Å². The van der Waals surface area contributed by atoms with Crippen molar-refractivity contribution in [3.8, 4) is 11.3 Å². The summed E-state index contributed by atoms with van der Waals surface area (Å²) in [5, 5.41) is 6.71. The van der Waals surface area contributed by atoms with Crippen LogP contribution < -0.4 is 11.5 Å². The Hall–Kier alpha value is -2.93. The molecule has 24 heavy (non-hydrogen) atoms. The van der Waals surface area contributed by atoms with Gasteiger partial charge in [0.2, 0.25) is 0 Å². The van der Waals surface area contributed by atoms with E-state index in [2.05, 4.69) is 21.0 Å². The third-order valence-electron chi connectivity index (χ3n) is 4.21. The van der Waals surface area contributed by atoms with Crippen LogP contribution in [0.3, 0.4) is 0 Å². The fourth-order valence-corrected chi connectivity index (χ4v) is 2.99. The number of rotatable bonds is 5. The summed E-state index contributed by atoms with van der Waals surface area (Å²) in [6, 6.07) is 8.23. The molecule has 5 N–H and O–H groups in total. The number of hydrogen-bond acceptors (Lipinski definition) is 5. The molecule has 0 saturated heterocycles. The molecule has 7 heteroatoms. The van der Waals surface area contributed by atoms with Gasteiger partial charge < -0.3 is 16.5 Å². The van der Waals surface area contributed by atoms with Gasteiger partial charge >= 0.3 is 0 Å². The van der Waals surface area contributed by atoms with Crippen LogP contribution in [0.4, 0.5) is 5.82 Å². The number of nitrogens with zero attached hydrogens (tertiary/aromatic N) is 4. The van der Waals surface area contributed by atoms with Gasteiger partial charge in [-0.05, 0) is 37.6 Å². The van der Waals surface area contributed by atoms with Crippen molar-refractivity contribution in [2.24, 2.45) is 5.73 Å². The normalized spacial score (nSPS) is 11.5. The minimum atomic E-state index is 0.453. The van der Waals surface area contributed by atoms with Crippen LogP contribution in [0, 0.1) is 0 Å². The monoisotopic (exact) mass is 321 g/mol. The SMILES string of the molecule is NCCCCn1nc(-c2ccc3[nH]ccc3c2)c2c(N)ncnc21. The summed E-state index contributed by atoms with van der Waals surface area (Å²) in [4.78, 5) is 11.7. The number of nitrogen functional groups attached to an aromatic ring is 1. The Bertz CT molecular complexity index is 999. The van der Waals surface area contributed by atoms with E-state index in [1.807, 2.05) is 29.1 Å². The molecule has 7 nitrogen and oxygen atoms in total. The number of nitrogens with two attached hydrogens (primary N) is 2. The second-order valence-corrected chi connectivity index (χ2v) is 5.80. The number of nitrogens with one attached hydrogen (secondary N) is 1. The first kappa shape index (κ1) is 14.6. The smallest absolute Gasteiger partial charge is 0.163 e. The highest BCUT2D eigenvalue weighted by Gasteiger charge is 2.17. The van der Waals surface area contributed by atoms with Crippen LogP contribution in [0.25, 0.3) is 33.2 Å². The van der Waals surface area contributed by atoms with Gasteiger partial charge in [-0.25, -0.2) is 14.6 Å². The largest absolute Gasteiger partial charge is 0.383 e. The lowest BCUT2D eigenvalue weighted by molar-refractivity contribution is 0.574. The van der Waals surface area contributed by atoms with Gasteiger partial charge in [0.25, 0.3) is 0 Å². The van der Waals surface area contributed by atoms with Gasteiger partial charge in [0.1, 0.15) is 17.8 Å². The van der Waals surface area contributed by atoms with E-state index in [1.54, 1.807) is 0 Å². The lowest BCUT2D eigenvalue weighted by Gasteiger charge is -2.01. The quantitative estimate of drug-likeness (QED) is 0.488. The van der Waals surface area contributed by atoms with Gasteiger partial charge in [-0.3, -0.25) is 0 Å². The van der Waals surface area contributed by atoms with E-state index in [-0.39, 0.29) is 0 Å². The summed E-state index contributed by atoms with van der Waals surface area (Å²) in [7, 11) is 0. The molecule has 0 aliphatic heterocycles. The first-order valence-electron chi connectivity index (χ1n) is 8.02. The van der Waals surface area contributed by atoms with Crippen molar-refractivity contribution < 1.29 is 0 Å². The molecular weight excluding hydrogens is 302 g/mol. The number of unbranched alkanes of at least 4 members (excludes halogenated alkanes) is 1. The number of fused-ring (bicyclic) bond motifs is 2. The van der Waals surface area contributed by atoms with Gasteiger partial charge in [-0.15, -0.1) is 0 Å². The maximum Gasteiger partial charge on any atom is 0.163 e. The molecule has 0 fully saturated rings. The van der Waals surface area contributed by atoms with Crippen molar-refractivity contribution in [2.45, 2.75) is 19.4 Å². The molecule has 0 radical (unpaired) electrons. The summed E-state index contributed by atoms with van der Waals surface area (Å²) in [5.41, 5.74) is 15.4. The summed E-state index contributed by atoms with van der Waals surface area (Å²) >= 11 is 0. The summed E-state index contributed by atoms with van der Waals surface area (Å²) in [6.07, 6.45) is 5.31. The van der Waals surface area contributed by atoms with Crippen LogP contribution in [0.15, 0.2) is 36.8 Å². The number of anilines is 1. The zero-order valence-corrected chi connectivity index (χ0v) is 13.2. The zero-order valence-electron chi connectivity index (χ0n) is 13.2. The molecular formula is C17H19N7. The van der Waals surface area contributed by atoms with Crippen LogP contribution in [-0.2, 0) is 6.54 Å². The molecule has 3 aromatic heterocycles. The number of aromatic amines is 1. The van der Waals surface area contributed by atoms with Crippen LogP contribution in [-0.4, -0.2) is 31.3 Å². The Morgan fingerprint density at radius 2 is 2.04 bits per heavy atom. The fraction of sp³-hybridized carbons (Fsp3) is 0.235. The molecule has 122 valence electrons. The Labute approximate surface area is 138 Å². The molecule has 4 aromatic rings. The summed E-state index contributed by atoms with van der Waals surface area (Å²) < 4.78 is 1.90. The summed E-state index contributed by atoms with van der Waals surface area (Å²) in [5.74, 6) is 0.453. The molecule has 3 heterocycles. The minimum Gasteiger partial charge on any atom is -0.383 e. The van der Waals surface area contributed by atoms with Crippen molar-refractivity contribution in [3.63, 3.8) is 0 Å². The topological polar surface area (TPSA) is 111 Å². The average molecular weight is 321 g/mol. The van der Waals surface area contributed by atoms with Crippen molar-refractivity contribution in [1.29, 1.82) is 0 Å². The number of aryl methyl sites for hydroxylation is 1. The molecule has 0 saturated carbocycles. The van der Waals surface area contributed by atoms with E-state index in [1.165, 1.54) is 6.33 Å². The molecule has 0 bridgehead atoms. The van der Waals surface area contributed by atoms with Crippen molar-refractivity contribution in [3.05, 3.63) is 36.8 Å². The van der Waals surface area contributed by atoms with Gasteiger partial charge in [0.15, 0.2) is 5.65 Å². The van der Waals surface area contributed by atoms with E-state index in [0.717, 1.165) is 52.6 Å². The van der Waals surface area contributed by atoms with E-state index in [9.17, 15) is 0 Å². The maximum atomic E-state index is 6.12. The zero-order chi connectivity index (χ0) is 16.5. The Balaban J connectivity index is 1.87. The third-order valence-corrected chi connectivity index (χ3v) is 4.21. The van der Waals surface area contributed by atoms with E-state index in [4.69, 9.17) is 16.6 Å². The van der Waals surface area contributed by atoms with E-state index < -0.39 is 0 Å². The highest BCUT2D eigenvalue weighted by atomic mass is 15.3. The Morgan fingerprint density at radius 3 is 2.92 bits per heavy atom. The molecule has 0 spiro atoms. The third kappa shape index (κ3) is 2.39. The molecule has 1 aromatic carbocycles. The lowest BCUT2D eigenvalue weighted by atomic mass is 10.1. The number of aromatic nitrogens is 5. The predicted molar refractivity (Wildman–Crippen MR) is 95.3 cm³/mol. The highest BCUT2D eigenvalue weighted by molar-refractivity contribution is 5.99. The molecule has 0 aliphatic carbocycles. The number of hydrogen-bond donors (Lipinski definition) is 3. The van der Waals surface area contributed by atoms with Crippen LogP contribution in [0.1, 0.15) is 12.8 Å². The van der Waals surface area contributed by atoms with Gasteiger partial charge in [-0.2, -0.15) is 5.10 Å². The Morgan fingerprint density at radius 1 is 1.12 bits per heavy atom. The van der Waals surface area contributed by atoms with E-state index >= 15 is 0 Å². The first-order valence-corrected chi connectivity index (χ1v) is 8.02. The van der Waals surface area contributed by atoms with Crippen LogP contribution >= 0.6 is 0 Å². The highest BCUT2D eigenvalue weighted by Crippen LogP contribution is 2.31. The summed E-state index contributed by atoms with van der Waals surface area (Å²) in [6.45, 7) is 1.43. The Kier molecular flexibility index (Phi) is 3.62. The minimum absolute atomic E-state index is 0.453. The first-order chi connectivity index (χ1) is 11.8. The van der Waals surface area contributed by atoms with Gasteiger partial charge in [0.05, 0.1) is 5.39 Å². The molecule has 4 rings (SSSR count). The lowest BCUT2D eigenvalue weighted by Crippen LogP contribution is -2.05. The van der Waals surface area contributed by atoms with Crippen LogP contribution in [0.5, 0.6) is 0 Å². The van der Waals surface area contributed by atoms with Gasteiger partial charge in [0, 0.05) is 29.2 Å². The second kappa shape index (κ2) is 5.93. The predicted octanol–water partition coefficient (Wildman–Crippen LogP) is 2.30. The standard InChI is InChI=1S/C17H19N7/c18-6-1-2-8-24-17-14(16(19)21-10-22-17)15(23-24)12-3-4-13-11(9-12)5-7-20-13/h3-5,7,9-10,20H,1-2,6,8,18H2,(H2,19,21,22). The average Bonchev–Trinajstić information content (AvgIpc) is 3.20. The van der Waals surface area contributed by atoms with Crippen LogP contribution in [0.2, 0.25) is 0 Å². The number of benzene rings is 1. The molecule has 0 unspecified atom stereocenters. The molecule has 0 atom stereocenters. The van der Waals surface area contributed by atoms with E-state index in [0.29, 0.717) is 12.4 Å². The molecule has 0 amide bonds. The van der Waals surface area contributed by atoms with Crippen molar-refractivity contribution in [1.82, 2.24) is 24.7 Å². The van der Waals surface area contributed by atoms with Crippen molar-refractivity contribution >= 4 is 27.8 Å². The van der Waals surface area contributed by atoms with Gasteiger partial charge in [-0.1, -0.05) is 6.07 Å². The fourth-order valence-electron chi connectivity index (χ4n) is 2.99. The number of H-pyrrole nitrogens is 1.